The maximum absolute atomic E-state index is 13.7. The van der Waals surface area contributed by atoms with E-state index < -0.39 is 29.6 Å². The second-order valence-corrected chi connectivity index (χ2v) is 9.88. The van der Waals surface area contributed by atoms with Gasteiger partial charge in [0.05, 0.1) is 19.8 Å². The van der Waals surface area contributed by atoms with E-state index in [9.17, 15) is 19.5 Å². The molecule has 0 bridgehead atoms. The summed E-state index contributed by atoms with van der Waals surface area (Å²) in [6.45, 7) is 2.97. The van der Waals surface area contributed by atoms with Gasteiger partial charge < -0.3 is 29.7 Å². The van der Waals surface area contributed by atoms with Crippen LogP contribution in [0.1, 0.15) is 51.0 Å². The zero-order valence-corrected chi connectivity index (χ0v) is 21.2. The minimum atomic E-state index is -1.10. The van der Waals surface area contributed by atoms with Crippen LogP contribution >= 0.6 is 0 Å². The number of esters is 1. The van der Waals surface area contributed by atoms with Gasteiger partial charge in [-0.05, 0) is 50.3 Å². The molecular formula is C27H37N3O6. The van der Waals surface area contributed by atoms with Crippen molar-refractivity contribution in [2.75, 3.05) is 26.8 Å². The number of rotatable bonds is 5. The van der Waals surface area contributed by atoms with Crippen molar-refractivity contribution in [2.24, 2.45) is 5.92 Å². The zero-order chi connectivity index (χ0) is 25.7. The average molecular weight is 500 g/mol. The van der Waals surface area contributed by atoms with Crippen LogP contribution in [0.5, 0.6) is 5.75 Å². The third kappa shape index (κ3) is 5.67. The average Bonchev–Trinajstić information content (AvgIpc) is 3.42. The lowest BCUT2D eigenvalue weighted by atomic mass is 10.1. The molecule has 0 radical (unpaired) electrons. The third-order valence-corrected chi connectivity index (χ3v) is 7.30. The van der Waals surface area contributed by atoms with Crippen LogP contribution in [-0.4, -0.2) is 77.3 Å². The molecule has 1 aromatic carbocycles. The smallest absolute Gasteiger partial charge is 0.332 e. The lowest BCUT2D eigenvalue weighted by Crippen LogP contribution is -2.55. The Morgan fingerprint density at radius 1 is 1.19 bits per heavy atom. The number of nitrogens with one attached hydrogen (secondary N) is 1. The van der Waals surface area contributed by atoms with Gasteiger partial charge in [0, 0.05) is 32.0 Å². The topological polar surface area (TPSA) is 108 Å². The Hall–Kier alpha value is -3.07. The first kappa shape index (κ1) is 26.0. The van der Waals surface area contributed by atoms with Crippen molar-refractivity contribution in [3.63, 3.8) is 0 Å². The van der Waals surface area contributed by atoms with Gasteiger partial charge in [-0.2, -0.15) is 0 Å². The molecule has 36 heavy (non-hydrogen) atoms. The van der Waals surface area contributed by atoms with Crippen molar-refractivity contribution in [3.8, 4) is 5.75 Å². The molecule has 3 amide bonds. The molecule has 0 aromatic heterocycles. The normalized spacial score (nSPS) is 29.8. The fourth-order valence-corrected chi connectivity index (χ4v) is 5.16. The highest BCUT2D eigenvalue weighted by molar-refractivity contribution is 5.95. The highest BCUT2D eigenvalue weighted by Crippen LogP contribution is 2.46. The van der Waals surface area contributed by atoms with Crippen LogP contribution in [0, 0.1) is 5.92 Å². The minimum absolute atomic E-state index is 0.0752. The zero-order valence-electron chi connectivity index (χ0n) is 21.2. The summed E-state index contributed by atoms with van der Waals surface area (Å²) < 4.78 is 10.5. The Labute approximate surface area is 212 Å². The van der Waals surface area contributed by atoms with Crippen molar-refractivity contribution in [1.29, 1.82) is 0 Å². The number of allylic oxidation sites excluding steroid dienone is 1. The van der Waals surface area contributed by atoms with Gasteiger partial charge >= 0.3 is 12.0 Å². The molecule has 9 nitrogen and oxygen atoms in total. The largest absolute Gasteiger partial charge is 0.497 e. The van der Waals surface area contributed by atoms with Gasteiger partial charge in [0.15, 0.2) is 0 Å². The Morgan fingerprint density at radius 3 is 2.69 bits per heavy atom. The first-order chi connectivity index (χ1) is 17.4. The summed E-state index contributed by atoms with van der Waals surface area (Å²) in [6, 6.07) is 6.42. The molecule has 196 valence electrons. The van der Waals surface area contributed by atoms with Gasteiger partial charge in [-0.15, -0.1) is 0 Å². The van der Waals surface area contributed by atoms with Crippen molar-refractivity contribution >= 4 is 17.9 Å². The van der Waals surface area contributed by atoms with E-state index in [0.29, 0.717) is 19.5 Å². The molecule has 9 heteroatoms. The highest BCUT2D eigenvalue weighted by atomic mass is 16.5. The standard InChI is InChI=1S/C27H37N3O6/c1-3-36-25(33)27-16-20(27)9-7-5-4-6-8-14-29(17-19-10-12-22(35-2)13-11-19)26(34)30-18-21(31)15-23(30)24(32)28-27/h7,9-13,20-21,23,31H,3-6,8,14-18H2,1-2H3,(H,28,32)/b9-7-. The van der Waals surface area contributed by atoms with E-state index in [1.54, 1.807) is 18.9 Å². The van der Waals surface area contributed by atoms with Crippen LogP contribution in [0.3, 0.4) is 0 Å². The van der Waals surface area contributed by atoms with Crippen LogP contribution < -0.4 is 10.1 Å². The number of ether oxygens (including phenoxy) is 2. The van der Waals surface area contributed by atoms with Gasteiger partial charge in [-0.1, -0.05) is 30.7 Å². The highest BCUT2D eigenvalue weighted by Gasteiger charge is 2.62. The molecule has 1 saturated carbocycles. The second-order valence-electron chi connectivity index (χ2n) is 9.88. The van der Waals surface area contributed by atoms with Crippen LogP contribution in [0.2, 0.25) is 0 Å². The molecule has 2 N–H and O–H groups in total. The lowest BCUT2D eigenvalue weighted by Gasteiger charge is -2.32. The SMILES string of the molecule is CCOC(=O)C12CC1/C=C\CCCCCN(Cc1ccc(OC)cc1)C(=O)N1CC(O)CC1C(=O)N2. The quantitative estimate of drug-likeness (QED) is 0.476. The lowest BCUT2D eigenvalue weighted by molar-refractivity contribution is -0.149. The summed E-state index contributed by atoms with van der Waals surface area (Å²) in [4.78, 5) is 43.2. The molecule has 4 atom stereocenters. The number of hydrogen-bond acceptors (Lipinski definition) is 6. The number of aliphatic hydroxyl groups excluding tert-OH is 1. The third-order valence-electron chi connectivity index (χ3n) is 7.30. The Bertz CT molecular complexity index is 980. The Kier molecular flexibility index (Phi) is 8.18. The van der Waals surface area contributed by atoms with Crippen LogP contribution in [0.15, 0.2) is 36.4 Å². The first-order valence-electron chi connectivity index (χ1n) is 12.9. The molecule has 3 aliphatic rings. The maximum Gasteiger partial charge on any atom is 0.332 e. The number of methoxy groups -OCH3 is 1. The molecule has 1 aromatic rings. The number of hydrogen-bond donors (Lipinski definition) is 2. The number of carbonyl (C=O) groups is 3. The molecule has 2 fully saturated rings. The summed E-state index contributed by atoms with van der Waals surface area (Å²) in [5, 5.41) is 13.3. The summed E-state index contributed by atoms with van der Waals surface area (Å²) in [6.07, 6.45) is 7.50. The summed E-state index contributed by atoms with van der Waals surface area (Å²) >= 11 is 0. The van der Waals surface area contributed by atoms with Crippen molar-refractivity contribution < 1.29 is 29.0 Å². The van der Waals surface area contributed by atoms with Gasteiger partial charge in [-0.25, -0.2) is 9.59 Å². The molecule has 1 saturated heterocycles. The van der Waals surface area contributed by atoms with Crippen LogP contribution in [-0.2, 0) is 20.9 Å². The molecule has 0 spiro atoms. The van der Waals surface area contributed by atoms with E-state index in [1.807, 2.05) is 30.3 Å². The summed E-state index contributed by atoms with van der Waals surface area (Å²) in [5.41, 5.74) is -0.151. The second kappa shape index (κ2) is 11.3. The number of fused-ring (bicyclic) bond motifs is 2. The summed E-state index contributed by atoms with van der Waals surface area (Å²) in [7, 11) is 1.61. The van der Waals surface area contributed by atoms with E-state index in [1.165, 1.54) is 4.90 Å². The van der Waals surface area contributed by atoms with Gasteiger partial charge in [0.25, 0.3) is 0 Å². The van der Waals surface area contributed by atoms with Crippen molar-refractivity contribution in [3.05, 3.63) is 42.0 Å². The number of amides is 3. The molecular weight excluding hydrogens is 462 g/mol. The first-order valence-corrected chi connectivity index (χ1v) is 12.9. The van der Waals surface area contributed by atoms with Crippen LogP contribution in [0.25, 0.3) is 0 Å². The Morgan fingerprint density at radius 2 is 1.97 bits per heavy atom. The summed E-state index contributed by atoms with van der Waals surface area (Å²) in [5.74, 6) is -0.269. The minimum Gasteiger partial charge on any atom is -0.497 e. The predicted octanol–water partition coefficient (Wildman–Crippen LogP) is 2.62. The van der Waals surface area contributed by atoms with Crippen molar-refractivity contribution in [2.45, 2.75) is 69.7 Å². The predicted molar refractivity (Wildman–Crippen MR) is 133 cm³/mol. The van der Waals surface area contributed by atoms with E-state index in [-0.39, 0.29) is 31.5 Å². The van der Waals surface area contributed by atoms with E-state index in [4.69, 9.17) is 9.47 Å². The molecule has 2 aliphatic heterocycles. The Balaban J connectivity index is 1.58. The molecule has 1 aliphatic carbocycles. The van der Waals surface area contributed by atoms with Gasteiger partial charge in [0.1, 0.15) is 17.3 Å². The van der Waals surface area contributed by atoms with E-state index in [0.717, 1.165) is 37.0 Å². The van der Waals surface area contributed by atoms with Gasteiger partial charge in [0.2, 0.25) is 5.91 Å². The fraction of sp³-hybridized carbons (Fsp3) is 0.593. The molecule has 4 unspecified atom stereocenters. The molecule has 2 heterocycles. The van der Waals surface area contributed by atoms with Crippen molar-refractivity contribution in [1.82, 2.24) is 15.1 Å². The number of carbonyl (C=O) groups excluding carboxylic acids is 3. The number of nitrogens with zero attached hydrogens (tertiary/aromatic N) is 2. The number of benzene rings is 1. The number of aliphatic hydroxyl groups is 1. The van der Waals surface area contributed by atoms with E-state index in [2.05, 4.69) is 11.4 Å². The molecule has 4 rings (SSSR count). The van der Waals surface area contributed by atoms with Crippen LogP contribution in [0.4, 0.5) is 4.79 Å². The van der Waals surface area contributed by atoms with Gasteiger partial charge in [-0.3, -0.25) is 4.79 Å². The fourth-order valence-electron chi connectivity index (χ4n) is 5.16. The van der Waals surface area contributed by atoms with E-state index >= 15 is 0 Å². The maximum atomic E-state index is 13.7. The monoisotopic (exact) mass is 499 g/mol. The number of urea groups is 1.